The van der Waals surface area contributed by atoms with Gasteiger partial charge in [0.25, 0.3) is 0 Å². The molecular weight excluding hydrogens is 420 g/mol. The Morgan fingerprint density at radius 2 is 1.87 bits per heavy atom. The van der Waals surface area contributed by atoms with Crippen LogP contribution in [0, 0.1) is 6.92 Å². The quantitative estimate of drug-likeness (QED) is 0.624. The summed E-state index contributed by atoms with van der Waals surface area (Å²) in [7, 11) is 3.06. The number of ether oxygens (including phenoxy) is 2. The fourth-order valence-corrected chi connectivity index (χ4v) is 3.69. The zero-order valence-corrected chi connectivity index (χ0v) is 18.0. The van der Waals surface area contributed by atoms with E-state index < -0.39 is 6.04 Å². The highest BCUT2D eigenvalue weighted by molar-refractivity contribution is 6.30. The summed E-state index contributed by atoms with van der Waals surface area (Å²) < 4.78 is 12.1. The molecule has 1 atom stereocenters. The minimum absolute atomic E-state index is 0.0205. The predicted molar refractivity (Wildman–Crippen MR) is 118 cm³/mol. The van der Waals surface area contributed by atoms with E-state index in [4.69, 9.17) is 21.1 Å². The summed E-state index contributed by atoms with van der Waals surface area (Å²) in [5, 5.41) is 10.9. The topological polar surface area (TPSA) is 94.5 Å². The van der Waals surface area contributed by atoms with Gasteiger partial charge in [0.2, 0.25) is 11.8 Å². The van der Waals surface area contributed by atoms with E-state index in [-0.39, 0.29) is 18.2 Å². The highest BCUT2D eigenvalue weighted by atomic mass is 35.5. The number of hydrogen-bond donors (Lipinski definition) is 2. The molecule has 0 saturated heterocycles. The number of amides is 2. The van der Waals surface area contributed by atoms with Gasteiger partial charge in [-0.1, -0.05) is 23.7 Å². The van der Waals surface area contributed by atoms with Crippen molar-refractivity contribution in [3.63, 3.8) is 0 Å². The number of methoxy groups -OCH3 is 2. The standard InChI is InChI=1S/C22H21ClN4O4/c1-12-20(13-4-6-14(23)7-5-13)26-27-16(11-19(28)25-21(12)27)22(29)24-15-8-9-17(30-2)18(10-15)31-3/h4-10,16H,11H2,1-3H3,(H,24,29)(H,25,28)/t16-/m1/s1. The molecule has 0 radical (unpaired) electrons. The van der Waals surface area contributed by atoms with Gasteiger partial charge in [-0.2, -0.15) is 5.10 Å². The lowest BCUT2D eigenvalue weighted by atomic mass is 10.1. The summed E-state index contributed by atoms with van der Waals surface area (Å²) in [6, 6.07) is 11.5. The molecule has 2 heterocycles. The van der Waals surface area contributed by atoms with Crippen LogP contribution in [0.5, 0.6) is 11.5 Å². The maximum absolute atomic E-state index is 13.1. The lowest BCUT2D eigenvalue weighted by molar-refractivity contribution is -0.125. The van der Waals surface area contributed by atoms with Gasteiger partial charge in [-0.15, -0.1) is 0 Å². The van der Waals surface area contributed by atoms with Crippen molar-refractivity contribution in [3.05, 3.63) is 53.1 Å². The summed E-state index contributed by atoms with van der Waals surface area (Å²) in [6.45, 7) is 1.86. The Hall–Kier alpha value is -3.52. The number of fused-ring (bicyclic) bond motifs is 1. The van der Waals surface area contributed by atoms with Crippen molar-refractivity contribution < 1.29 is 19.1 Å². The average molecular weight is 441 g/mol. The first-order chi connectivity index (χ1) is 14.9. The first-order valence-corrected chi connectivity index (χ1v) is 9.97. The number of rotatable bonds is 5. The highest BCUT2D eigenvalue weighted by Crippen LogP contribution is 2.35. The van der Waals surface area contributed by atoms with Crippen LogP contribution in [0.15, 0.2) is 42.5 Å². The second-order valence-electron chi connectivity index (χ2n) is 7.10. The summed E-state index contributed by atoms with van der Waals surface area (Å²) >= 11 is 5.99. The molecule has 9 heteroatoms. The molecule has 8 nitrogen and oxygen atoms in total. The van der Waals surface area contributed by atoms with E-state index in [1.807, 2.05) is 19.1 Å². The number of halogens is 1. The lowest BCUT2D eigenvalue weighted by Gasteiger charge is -2.24. The molecule has 160 valence electrons. The molecule has 0 saturated carbocycles. The van der Waals surface area contributed by atoms with Gasteiger partial charge >= 0.3 is 0 Å². The summed E-state index contributed by atoms with van der Waals surface area (Å²) in [4.78, 5) is 25.4. The number of nitrogens with one attached hydrogen (secondary N) is 2. The van der Waals surface area contributed by atoms with Crippen LogP contribution in [0.1, 0.15) is 18.0 Å². The Morgan fingerprint density at radius 3 is 2.55 bits per heavy atom. The van der Waals surface area contributed by atoms with E-state index >= 15 is 0 Å². The monoisotopic (exact) mass is 440 g/mol. The molecule has 0 aliphatic carbocycles. The van der Waals surface area contributed by atoms with Crippen molar-refractivity contribution >= 4 is 34.9 Å². The Balaban J connectivity index is 1.66. The molecule has 2 amide bonds. The normalized spacial score (nSPS) is 15.1. The Labute approximate surface area is 184 Å². The molecule has 0 bridgehead atoms. The molecule has 2 N–H and O–H groups in total. The molecule has 1 aromatic heterocycles. The van der Waals surface area contributed by atoms with Gasteiger partial charge in [-0.05, 0) is 31.2 Å². The minimum Gasteiger partial charge on any atom is -0.493 e. The number of aromatic nitrogens is 2. The maximum Gasteiger partial charge on any atom is 0.249 e. The minimum atomic E-state index is -0.795. The first-order valence-electron chi connectivity index (χ1n) is 9.59. The van der Waals surface area contributed by atoms with Crippen LogP contribution >= 0.6 is 11.6 Å². The third-order valence-electron chi connectivity index (χ3n) is 5.15. The van der Waals surface area contributed by atoms with Gasteiger partial charge < -0.3 is 20.1 Å². The van der Waals surface area contributed by atoms with Crippen molar-refractivity contribution in [2.24, 2.45) is 0 Å². The molecule has 31 heavy (non-hydrogen) atoms. The summed E-state index contributed by atoms with van der Waals surface area (Å²) in [6.07, 6.45) is -0.0205. The fraction of sp³-hybridized carbons (Fsp3) is 0.227. The fourth-order valence-electron chi connectivity index (χ4n) is 3.56. The van der Waals surface area contributed by atoms with E-state index in [0.29, 0.717) is 33.7 Å². The van der Waals surface area contributed by atoms with Crippen molar-refractivity contribution in [3.8, 4) is 22.8 Å². The smallest absolute Gasteiger partial charge is 0.249 e. The molecule has 0 fully saturated rings. The van der Waals surface area contributed by atoms with Crippen molar-refractivity contribution in [1.29, 1.82) is 0 Å². The molecule has 2 aromatic carbocycles. The SMILES string of the molecule is COc1ccc(NC(=O)[C@H]2CC(=O)Nc3c(C)c(-c4ccc(Cl)cc4)nn32)cc1OC. The lowest BCUT2D eigenvalue weighted by Crippen LogP contribution is -2.35. The highest BCUT2D eigenvalue weighted by Gasteiger charge is 2.34. The molecule has 0 spiro atoms. The Kier molecular flexibility index (Phi) is 5.56. The number of hydrogen-bond acceptors (Lipinski definition) is 5. The van der Waals surface area contributed by atoms with Crippen LogP contribution in [0.2, 0.25) is 5.02 Å². The van der Waals surface area contributed by atoms with Gasteiger partial charge in [0.15, 0.2) is 11.5 Å². The van der Waals surface area contributed by atoms with E-state index in [1.54, 1.807) is 35.0 Å². The second kappa shape index (κ2) is 8.31. The van der Waals surface area contributed by atoms with Gasteiger partial charge in [0, 0.05) is 27.9 Å². The first kappa shape index (κ1) is 20.7. The van der Waals surface area contributed by atoms with Crippen molar-refractivity contribution in [1.82, 2.24) is 9.78 Å². The van der Waals surface area contributed by atoms with Crippen LogP contribution in [0.25, 0.3) is 11.3 Å². The molecular formula is C22H21ClN4O4. The van der Waals surface area contributed by atoms with E-state index in [0.717, 1.165) is 11.1 Å². The van der Waals surface area contributed by atoms with Crippen molar-refractivity contribution in [2.45, 2.75) is 19.4 Å². The average Bonchev–Trinajstić information content (AvgIpc) is 3.10. The summed E-state index contributed by atoms with van der Waals surface area (Å²) in [5.41, 5.74) is 2.83. The van der Waals surface area contributed by atoms with E-state index in [2.05, 4.69) is 15.7 Å². The van der Waals surface area contributed by atoms with Gasteiger partial charge in [-0.3, -0.25) is 9.59 Å². The number of nitrogens with zero attached hydrogens (tertiary/aromatic N) is 2. The van der Waals surface area contributed by atoms with Crippen LogP contribution in [-0.4, -0.2) is 35.8 Å². The Morgan fingerprint density at radius 1 is 1.16 bits per heavy atom. The molecule has 1 aliphatic heterocycles. The predicted octanol–water partition coefficient (Wildman–Crippen LogP) is 4.05. The Bertz CT molecular complexity index is 1160. The van der Waals surface area contributed by atoms with Crippen LogP contribution in [0.4, 0.5) is 11.5 Å². The maximum atomic E-state index is 13.1. The third kappa shape index (κ3) is 3.94. The molecule has 1 aliphatic rings. The van der Waals surface area contributed by atoms with Crippen LogP contribution in [0.3, 0.4) is 0 Å². The van der Waals surface area contributed by atoms with Gasteiger partial charge in [-0.25, -0.2) is 4.68 Å². The van der Waals surface area contributed by atoms with E-state index in [1.165, 1.54) is 14.2 Å². The molecule has 0 unspecified atom stereocenters. The van der Waals surface area contributed by atoms with Crippen LogP contribution in [-0.2, 0) is 9.59 Å². The molecule has 3 aromatic rings. The van der Waals surface area contributed by atoms with Gasteiger partial charge in [0.1, 0.15) is 11.9 Å². The number of carbonyl (C=O) groups is 2. The van der Waals surface area contributed by atoms with Crippen LogP contribution < -0.4 is 20.1 Å². The molecule has 4 rings (SSSR count). The van der Waals surface area contributed by atoms with Crippen molar-refractivity contribution in [2.75, 3.05) is 24.9 Å². The van der Waals surface area contributed by atoms with Gasteiger partial charge in [0.05, 0.1) is 26.3 Å². The third-order valence-corrected chi connectivity index (χ3v) is 5.40. The van der Waals surface area contributed by atoms with E-state index in [9.17, 15) is 9.59 Å². The second-order valence-corrected chi connectivity index (χ2v) is 7.54. The number of anilines is 2. The number of benzene rings is 2. The largest absolute Gasteiger partial charge is 0.493 e. The number of carbonyl (C=O) groups excluding carboxylic acids is 2. The zero-order chi connectivity index (χ0) is 22.1. The summed E-state index contributed by atoms with van der Waals surface area (Å²) in [5.74, 6) is 0.949. The zero-order valence-electron chi connectivity index (χ0n) is 17.2.